The molecule has 0 aliphatic rings. The number of anilines is 1. The highest BCUT2D eigenvalue weighted by molar-refractivity contribution is 8.00. The van der Waals surface area contributed by atoms with Gasteiger partial charge in [-0.2, -0.15) is 0 Å². The summed E-state index contributed by atoms with van der Waals surface area (Å²) in [5, 5.41) is 11.4. The second-order valence-corrected chi connectivity index (χ2v) is 10.1. The average molecular weight is 426 g/mol. The molecule has 8 nitrogen and oxygen atoms in total. The first-order valence-electron chi connectivity index (χ1n) is 9.00. The number of nitrogens with one attached hydrogen (secondary N) is 2. The Labute approximate surface area is 170 Å². The molecule has 1 atom stereocenters. The van der Waals surface area contributed by atoms with Gasteiger partial charge >= 0.3 is 0 Å². The normalized spacial score (nSPS) is 13.1. The van der Waals surface area contributed by atoms with Crippen molar-refractivity contribution < 1.29 is 13.2 Å². The molecule has 154 valence electrons. The second kappa shape index (κ2) is 9.06. The van der Waals surface area contributed by atoms with Crippen LogP contribution in [0.25, 0.3) is 0 Å². The number of rotatable bonds is 8. The topological polar surface area (TPSA) is 106 Å². The monoisotopic (exact) mass is 425 g/mol. The van der Waals surface area contributed by atoms with E-state index in [9.17, 15) is 13.2 Å². The summed E-state index contributed by atoms with van der Waals surface area (Å²) in [6.07, 6.45) is 0. The van der Waals surface area contributed by atoms with Crippen LogP contribution < -0.4 is 10.0 Å². The van der Waals surface area contributed by atoms with Gasteiger partial charge in [0.05, 0.1) is 10.1 Å². The first kappa shape index (κ1) is 22.4. The van der Waals surface area contributed by atoms with E-state index in [1.807, 2.05) is 25.5 Å². The third kappa shape index (κ3) is 5.55. The number of amides is 1. The van der Waals surface area contributed by atoms with Crippen molar-refractivity contribution in [2.75, 3.05) is 5.32 Å². The summed E-state index contributed by atoms with van der Waals surface area (Å²) in [5.74, 6) is 0.910. The predicted molar refractivity (Wildman–Crippen MR) is 111 cm³/mol. The molecule has 2 rings (SSSR count). The van der Waals surface area contributed by atoms with Crippen molar-refractivity contribution in [1.82, 2.24) is 19.5 Å². The number of thioether (sulfide) groups is 1. The summed E-state index contributed by atoms with van der Waals surface area (Å²) >= 11 is 1.32. The first-order valence-corrected chi connectivity index (χ1v) is 11.4. The Hall–Kier alpha value is -1.91. The molecule has 0 radical (unpaired) electrons. The lowest BCUT2D eigenvalue weighted by atomic mass is 10.2. The molecule has 2 N–H and O–H groups in total. The third-order valence-corrected chi connectivity index (χ3v) is 6.67. The quantitative estimate of drug-likeness (QED) is 0.630. The number of sulfonamides is 1. The van der Waals surface area contributed by atoms with Gasteiger partial charge in [0, 0.05) is 24.7 Å². The van der Waals surface area contributed by atoms with Gasteiger partial charge in [-0.15, -0.1) is 10.2 Å². The molecule has 1 unspecified atom stereocenters. The zero-order valence-corrected chi connectivity index (χ0v) is 18.6. The molecule has 2 aromatic rings. The number of nitrogens with zero attached hydrogens (tertiary/aromatic N) is 3. The standard InChI is InChI=1S/C18H27N5O3S2/c1-11(2)16-20-21-18(23(16)6)27-13(5)17(24)19-14-7-9-15(10-8-14)28(25,26)22-12(3)4/h7-13,22H,1-6H3,(H,19,24). The fourth-order valence-electron chi connectivity index (χ4n) is 2.48. The maximum atomic E-state index is 12.5. The first-order chi connectivity index (χ1) is 13.0. The van der Waals surface area contributed by atoms with E-state index < -0.39 is 15.3 Å². The molecule has 1 amide bonds. The van der Waals surface area contributed by atoms with E-state index in [2.05, 4.69) is 20.2 Å². The van der Waals surface area contributed by atoms with Crippen LogP contribution in [0.2, 0.25) is 0 Å². The minimum atomic E-state index is -3.56. The Morgan fingerprint density at radius 2 is 1.68 bits per heavy atom. The summed E-state index contributed by atoms with van der Waals surface area (Å²) < 4.78 is 28.7. The Balaban J connectivity index is 2.02. The van der Waals surface area contributed by atoms with Crippen LogP contribution in [-0.4, -0.2) is 40.4 Å². The molecule has 0 spiro atoms. The van der Waals surface area contributed by atoms with E-state index in [1.54, 1.807) is 32.9 Å². The van der Waals surface area contributed by atoms with Crippen molar-refractivity contribution in [3.63, 3.8) is 0 Å². The number of carbonyl (C=O) groups excluding carboxylic acids is 1. The number of hydrogen-bond acceptors (Lipinski definition) is 6. The Morgan fingerprint density at radius 3 is 2.18 bits per heavy atom. The maximum absolute atomic E-state index is 12.5. The van der Waals surface area contributed by atoms with E-state index in [-0.39, 0.29) is 22.8 Å². The van der Waals surface area contributed by atoms with E-state index >= 15 is 0 Å². The van der Waals surface area contributed by atoms with E-state index in [0.29, 0.717) is 10.8 Å². The van der Waals surface area contributed by atoms with E-state index in [4.69, 9.17) is 0 Å². The molecule has 1 aromatic heterocycles. The fraction of sp³-hybridized carbons (Fsp3) is 0.500. The van der Waals surface area contributed by atoms with Gasteiger partial charge < -0.3 is 9.88 Å². The lowest BCUT2D eigenvalue weighted by molar-refractivity contribution is -0.115. The fourth-order valence-corrected chi connectivity index (χ4v) is 4.56. The van der Waals surface area contributed by atoms with Crippen LogP contribution in [0.15, 0.2) is 34.3 Å². The summed E-state index contributed by atoms with van der Waals surface area (Å²) in [7, 11) is -1.67. The summed E-state index contributed by atoms with van der Waals surface area (Å²) in [5.41, 5.74) is 0.529. The molecular formula is C18H27N5O3S2. The summed E-state index contributed by atoms with van der Waals surface area (Å²) in [6, 6.07) is 5.89. The van der Waals surface area contributed by atoms with Gasteiger partial charge in [0.25, 0.3) is 0 Å². The van der Waals surface area contributed by atoms with Crippen molar-refractivity contribution in [2.45, 2.75) is 61.9 Å². The van der Waals surface area contributed by atoms with Crippen molar-refractivity contribution in [2.24, 2.45) is 7.05 Å². The zero-order valence-electron chi connectivity index (χ0n) is 16.9. The molecule has 28 heavy (non-hydrogen) atoms. The van der Waals surface area contributed by atoms with Crippen molar-refractivity contribution in [3.05, 3.63) is 30.1 Å². The Kier molecular flexibility index (Phi) is 7.24. The van der Waals surface area contributed by atoms with Gasteiger partial charge in [0.15, 0.2) is 5.16 Å². The van der Waals surface area contributed by atoms with Gasteiger partial charge in [-0.05, 0) is 45.0 Å². The van der Waals surface area contributed by atoms with Gasteiger partial charge in [0.2, 0.25) is 15.9 Å². The minimum absolute atomic E-state index is 0.155. The van der Waals surface area contributed by atoms with Crippen LogP contribution in [0.5, 0.6) is 0 Å². The van der Waals surface area contributed by atoms with Crippen LogP contribution in [0, 0.1) is 0 Å². The third-order valence-electron chi connectivity index (χ3n) is 3.86. The van der Waals surface area contributed by atoms with Crippen LogP contribution in [0.4, 0.5) is 5.69 Å². The highest BCUT2D eigenvalue weighted by Gasteiger charge is 2.20. The van der Waals surface area contributed by atoms with Crippen molar-refractivity contribution in [3.8, 4) is 0 Å². The van der Waals surface area contributed by atoms with Gasteiger partial charge in [-0.1, -0.05) is 25.6 Å². The largest absolute Gasteiger partial charge is 0.325 e. The van der Waals surface area contributed by atoms with Gasteiger partial charge in [0.1, 0.15) is 5.82 Å². The molecular weight excluding hydrogens is 398 g/mol. The predicted octanol–water partition coefficient (Wildman–Crippen LogP) is 2.74. The van der Waals surface area contributed by atoms with Crippen LogP contribution in [0.3, 0.4) is 0 Å². The maximum Gasteiger partial charge on any atom is 0.240 e. The highest BCUT2D eigenvalue weighted by Crippen LogP contribution is 2.25. The Bertz CT molecular complexity index is 921. The van der Waals surface area contributed by atoms with Crippen LogP contribution in [0.1, 0.15) is 46.4 Å². The number of aromatic nitrogens is 3. The van der Waals surface area contributed by atoms with Crippen molar-refractivity contribution >= 4 is 33.4 Å². The molecule has 1 heterocycles. The number of hydrogen-bond donors (Lipinski definition) is 2. The lowest BCUT2D eigenvalue weighted by Crippen LogP contribution is -2.30. The minimum Gasteiger partial charge on any atom is -0.325 e. The number of benzene rings is 1. The molecule has 0 saturated carbocycles. The average Bonchev–Trinajstić information content (AvgIpc) is 2.95. The Morgan fingerprint density at radius 1 is 1.07 bits per heavy atom. The van der Waals surface area contributed by atoms with Crippen LogP contribution >= 0.6 is 11.8 Å². The highest BCUT2D eigenvalue weighted by atomic mass is 32.2. The lowest BCUT2D eigenvalue weighted by Gasteiger charge is -2.13. The van der Waals surface area contributed by atoms with Crippen LogP contribution in [-0.2, 0) is 21.9 Å². The van der Waals surface area contributed by atoms with E-state index in [1.165, 1.54) is 23.9 Å². The molecule has 10 heteroatoms. The molecule has 0 aliphatic heterocycles. The summed E-state index contributed by atoms with van der Waals surface area (Å²) in [6.45, 7) is 9.37. The SMILES string of the molecule is CC(C)NS(=O)(=O)c1ccc(NC(=O)C(C)Sc2nnc(C(C)C)n2C)cc1. The molecule has 1 aromatic carbocycles. The van der Waals surface area contributed by atoms with E-state index in [0.717, 1.165) is 5.82 Å². The molecule has 0 aliphatic carbocycles. The molecule has 0 bridgehead atoms. The molecule has 0 fully saturated rings. The molecule has 0 saturated heterocycles. The summed E-state index contributed by atoms with van der Waals surface area (Å²) in [4.78, 5) is 12.6. The van der Waals surface area contributed by atoms with Crippen molar-refractivity contribution in [1.29, 1.82) is 0 Å². The zero-order chi connectivity index (χ0) is 21.1. The second-order valence-electron chi connectivity index (χ2n) is 7.10. The van der Waals surface area contributed by atoms with Gasteiger partial charge in [-0.3, -0.25) is 4.79 Å². The van der Waals surface area contributed by atoms with Gasteiger partial charge in [-0.25, -0.2) is 13.1 Å². The number of carbonyl (C=O) groups is 1. The smallest absolute Gasteiger partial charge is 0.240 e.